The molecule has 0 heterocycles. The van der Waals surface area contributed by atoms with Gasteiger partial charge in [-0.1, -0.05) is 25.5 Å². The minimum absolute atomic E-state index is 0.0607. The summed E-state index contributed by atoms with van der Waals surface area (Å²) in [6.07, 6.45) is 6.26. The molecule has 0 fully saturated rings. The van der Waals surface area contributed by atoms with Gasteiger partial charge in [-0.05, 0) is 31.1 Å². The standard InChI is InChI=1S/C13H16O3/c1-2-3-4-7-10-16-13(15)11-8-5-6-9-12(11)14/h5-10,14H,2-4H2,1H3. The van der Waals surface area contributed by atoms with Crippen LogP contribution in [0.1, 0.15) is 36.5 Å². The summed E-state index contributed by atoms with van der Waals surface area (Å²) in [5, 5.41) is 9.40. The number of phenols is 1. The van der Waals surface area contributed by atoms with Gasteiger partial charge in [0.2, 0.25) is 0 Å². The molecule has 0 aliphatic heterocycles. The first-order chi connectivity index (χ1) is 7.75. The van der Waals surface area contributed by atoms with E-state index < -0.39 is 5.97 Å². The molecular weight excluding hydrogens is 204 g/mol. The molecule has 3 heteroatoms. The van der Waals surface area contributed by atoms with Gasteiger partial charge in [0.25, 0.3) is 0 Å². The van der Waals surface area contributed by atoms with Crippen molar-refractivity contribution in [1.82, 2.24) is 0 Å². The van der Waals surface area contributed by atoms with Crippen LogP contribution in [0.2, 0.25) is 0 Å². The highest BCUT2D eigenvalue weighted by Crippen LogP contribution is 2.16. The van der Waals surface area contributed by atoms with Gasteiger partial charge >= 0.3 is 5.97 Å². The first-order valence-electron chi connectivity index (χ1n) is 5.39. The molecule has 1 aromatic rings. The van der Waals surface area contributed by atoms with Crippen LogP contribution in [0.5, 0.6) is 5.75 Å². The smallest absolute Gasteiger partial charge is 0.346 e. The Hall–Kier alpha value is -1.77. The van der Waals surface area contributed by atoms with Crippen molar-refractivity contribution in [2.45, 2.75) is 26.2 Å². The van der Waals surface area contributed by atoms with Crippen molar-refractivity contribution in [3.05, 3.63) is 42.2 Å². The normalized spacial score (nSPS) is 10.6. The highest BCUT2D eigenvalue weighted by molar-refractivity contribution is 5.92. The molecule has 0 aromatic heterocycles. The van der Waals surface area contributed by atoms with Crippen LogP contribution >= 0.6 is 0 Å². The van der Waals surface area contributed by atoms with Gasteiger partial charge in [0.1, 0.15) is 11.3 Å². The van der Waals surface area contributed by atoms with E-state index in [0.29, 0.717) is 0 Å². The van der Waals surface area contributed by atoms with Crippen LogP contribution in [0, 0.1) is 0 Å². The van der Waals surface area contributed by atoms with Gasteiger partial charge in [-0.25, -0.2) is 4.79 Å². The number of para-hydroxylation sites is 1. The molecule has 0 amide bonds. The van der Waals surface area contributed by atoms with Gasteiger partial charge in [-0.3, -0.25) is 0 Å². The van der Waals surface area contributed by atoms with Crippen molar-refractivity contribution in [3.63, 3.8) is 0 Å². The van der Waals surface area contributed by atoms with Crippen molar-refractivity contribution in [3.8, 4) is 5.75 Å². The number of rotatable bonds is 5. The SMILES string of the molecule is CCCCC=COC(=O)c1ccccc1O. The Morgan fingerprint density at radius 1 is 1.44 bits per heavy atom. The predicted molar refractivity (Wildman–Crippen MR) is 62.2 cm³/mol. The minimum Gasteiger partial charge on any atom is -0.507 e. The van der Waals surface area contributed by atoms with Crippen LogP contribution in [0.15, 0.2) is 36.6 Å². The third-order valence-corrected chi connectivity index (χ3v) is 2.12. The summed E-state index contributed by atoms with van der Waals surface area (Å²) in [5.74, 6) is -0.597. The zero-order valence-corrected chi connectivity index (χ0v) is 9.35. The fraction of sp³-hybridized carbons (Fsp3) is 0.308. The molecule has 0 spiro atoms. The summed E-state index contributed by atoms with van der Waals surface area (Å²) in [4.78, 5) is 11.5. The van der Waals surface area contributed by atoms with E-state index >= 15 is 0 Å². The quantitative estimate of drug-likeness (QED) is 0.470. The van der Waals surface area contributed by atoms with Gasteiger partial charge < -0.3 is 9.84 Å². The monoisotopic (exact) mass is 220 g/mol. The maximum Gasteiger partial charge on any atom is 0.346 e. The van der Waals surface area contributed by atoms with Crippen molar-refractivity contribution >= 4 is 5.97 Å². The molecule has 0 radical (unpaired) electrons. The van der Waals surface area contributed by atoms with E-state index in [1.807, 2.05) is 0 Å². The second-order valence-electron chi connectivity index (χ2n) is 3.44. The maximum absolute atomic E-state index is 11.5. The summed E-state index contributed by atoms with van der Waals surface area (Å²) in [7, 11) is 0. The van der Waals surface area contributed by atoms with E-state index in [0.717, 1.165) is 19.3 Å². The third kappa shape index (κ3) is 3.77. The first-order valence-corrected chi connectivity index (χ1v) is 5.39. The zero-order chi connectivity index (χ0) is 11.8. The van der Waals surface area contributed by atoms with Crippen molar-refractivity contribution < 1.29 is 14.6 Å². The second-order valence-corrected chi connectivity index (χ2v) is 3.44. The van der Waals surface area contributed by atoms with E-state index in [1.54, 1.807) is 18.2 Å². The summed E-state index contributed by atoms with van der Waals surface area (Å²) < 4.78 is 4.88. The van der Waals surface area contributed by atoms with Gasteiger partial charge in [-0.15, -0.1) is 0 Å². The lowest BCUT2D eigenvalue weighted by Gasteiger charge is -2.01. The molecule has 0 saturated carbocycles. The number of phenolic OH excluding ortho intramolecular Hbond substituents is 1. The van der Waals surface area contributed by atoms with E-state index in [1.165, 1.54) is 18.4 Å². The lowest BCUT2D eigenvalue weighted by atomic mass is 10.2. The number of carbonyl (C=O) groups excluding carboxylic acids is 1. The summed E-state index contributed by atoms with van der Waals surface area (Å²) >= 11 is 0. The van der Waals surface area contributed by atoms with Gasteiger partial charge in [0.05, 0.1) is 6.26 Å². The molecule has 0 bridgehead atoms. The Bertz CT molecular complexity index is 369. The van der Waals surface area contributed by atoms with Crippen LogP contribution in [0.3, 0.4) is 0 Å². The average Bonchev–Trinajstić information content (AvgIpc) is 2.29. The van der Waals surface area contributed by atoms with Gasteiger partial charge in [-0.2, -0.15) is 0 Å². The molecule has 0 aliphatic carbocycles. The number of ether oxygens (including phenoxy) is 1. The van der Waals surface area contributed by atoms with Crippen LogP contribution in [-0.2, 0) is 4.74 Å². The van der Waals surface area contributed by atoms with Crippen LogP contribution in [0.25, 0.3) is 0 Å². The van der Waals surface area contributed by atoms with Gasteiger partial charge in [0.15, 0.2) is 0 Å². The Balaban J connectivity index is 2.47. The number of carbonyl (C=O) groups is 1. The van der Waals surface area contributed by atoms with Crippen molar-refractivity contribution in [2.75, 3.05) is 0 Å². The molecule has 1 rings (SSSR count). The summed E-state index contributed by atoms with van der Waals surface area (Å²) in [6.45, 7) is 2.10. The Labute approximate surface area is 95.4 Å². The molecule has 0 atom stereocenters. The zero-order valence-electron chi connectivity index (χ0n) is 9.35. The van der Waals surface area contributed by atoms with E-state index in [9.17, 15) is 9.90 Å². The Kier molecular flexibility index (Phi) is 5.12. The number of hydrogen-bond donors (Lipinski definition) is 1. The molecule has 1 aromatic carbocycles. The predicted octanol–water partition coefficient (Wildman–Crippen LogP) is 3.25. The fourth-order valence-electron chi connectivity index (χ4n) is 1.21. The highest BCUT2D eigenvalue weighted by Gasteiger charge is 2.09. The first kappa shape index (κ1) is 12.3. The molecule has 86 valence electrons. The maximum atomic E-state index is 11.5. The molecule has 16 heavy (non-hydrogen) atoms. The molecule has 0 aliphatic rings. The number of aromatic hydroxyl groups is 1. The Morgan fingerprint density at radius 3 is 2.88 bits per heavy atom. The number of benzene rings is 1. The Morgan fingerprint density at radius 2 is 2.19 bits per heavy atom. The lowest BCUT2D eigenvalue weighted by molar-refractivity contribution is 0.0659. The summed E-state index contributed by atoms with van der Waals surface area (Å²) in [5.41, 5.74) is 0.183. The number of unbranched alkanes of at least 4 members (excludes halogenated alkanes) is 2. The largest absolute Gasteiger partial charge is 0.507 e. The molecule has 3 nitrogen and oxygen atoms in total. The van der Waals surface area contributed by atoms with E-state index in [4.69, 9.17) is 4.74 Å². The van der Waals surface area contributed by atoms with Crippen molar-refractivity contribution in [2.24, 2.45) is 0 Å². The molecule has 0 unspecified atom stereocenters. The van der Waals surface area contributed by atoms with Crippen molar-refractivity contribution in [1.29, 1.82) is 0 Å². The van der Waals surface area contributed by atoms with Crippen LogP contribution in [-0.4, -0.2) is 11.1 Å². The minimum atomic E-state index is -0.536. The third-order valence-electron chi connectivity index (χ3n) is 2.12. The van der Waals surface area contributed by atoms with Gasteiger partial charge in [0, 0.05) is 0 Å². The number of hydrogen-bond acceptors (Lipinski definition) is 3. The van der Waals surface area contributed by atoms with E-state index in [-0.39, 0.29) is 11.3 Å². The fourth-order valence-corrected chi connectivity index (χ4v) is 1.21. The average molecular weight is 220 g/mol. The number of allylic oxidation sites excluding steroid dienone is 1. The molecule has 1 N–H and O–H groups in total. The molecular formula is C13H16O3. The highest BCUT2D eigenvalue weighted by atomic mass is 16.5. The van der Waals surface area contributed by atoms with Crippen LogP contribution < -0.4 is 0 Å². The molecule has 0 saturated heterocycles. The number of esters is 1. The van der Waals surface area contributed by atoms with Crippen LogP contribution in [0.4, 0.5) is 0 Å². The lowest BCUT2D eigenvalue weighted by Crippen LogP contribution is -2.00. The summed E-state index contributed by atoms with van der Waals surface area (Å²) in [6, 6.07) is 6.31. The second kappa shape index (κ2) is 6.67. The van der Waals surface area contributed by atoms with E-state index in [2.05, 4.69) is 6.92 Å². The topological polar surface area (TPSA) is 46.5 Å².